The number of alkyl carbamates (subject to hydrolysis) is 1. The first-order valence-corrected chi connectivity index (χ1v) is 11.5. The summed E-state index contributed by atoms with van der Waals surface area (Å²) in [5, 5.41) is 15.1. The Balaban J connectivity index is 3.10. The van der Waals surface area contributed by atoms with Crippen molar-refractivity contribution in [3.63, 3.8) is 0 Å². The van der Waals surface area contributed by atoms with Crippen molar-refractivity contribution in [3.05, 3.63) is 29.8 Å². The molecular formula is C24H37N3O7. The standard InChI is InChI=1S/C24H37N3O7/c1-6-8-14-27(19(29)16-26-23(32)34-24(3,4)5)21(17-10-9-11-18(28)15-17)22(31)25-13-12-20(30)33-7-2/h9-11,15,21,28H,6-8,12-14,16H2,1-5H3,(H,25,31)(H,26,32). The number of benzene rings is 1. The number of rotatable bonds is 12. The number of unbranched alkanes of at least 4 members (excludes halogenated alkanes) is 1. The van der Waals surface area contributed by atoms with Crippen LogP contribution < -0.4 is 10.6 Å². The first kappa shape index (κ1) is 28.7. The molecule has 0 fully saturated rings. The summed E-state index contributed by atoms with van der Waals surface area (Å²) < 4.78 is 10.0. The Hall–Kier alpha value is -3.30. The van der Waals surface area contributed by atoms with Crippen LogP contribution in [0.3, 0.4) is 0 Å². The molecule has 0 aliphatic rings. The number of phenolic OH excluding ortho intramolecular Hbond substituents is 1. The molecule has 3 amide bonds. The van der Waals surface area contributed by atoms with Crippen molar-refractivity contribution in [2.45, 2.75) is 65.5 Å². The number of carbonyl (C=O) groups excluding carboxylic acids is 4. The molecule has 190 valence electrons. The predicted octanol–water partition coefficient (Wildman–Crippen LogP) is 2.66. The third-order valence-corrected chi connectivity index (χ3v) is 4.54. The van der Waals surface area contributed by atoms with E-state index >= 15 is 0 Å². The lowest BCUT2D eigenvalue weighted by Gasteiger charge is -2.31. The Morgan fingerprint density at radius 2 is 1.82 bits per heavy atom. The number of hydrogen-bond acceptors (Lipinski definition) is 7. The van der Waals surface area contributed by atoms with E-state index in [2.05, 4.69) is 10.6 Å². The number of carbonyl (C=O) groups is 4. The van der Waals surface area contributed by atoms with Gasteiger partial charge in [-0.1, -0.05) is 25.5 Å². The van der Waals surface area contributed by atoms with Gasteiger partial charge in [0.15, 0.2) is 0 Å². The van der Waals surface area contributed by atoms with E-state index in [0.29, 0.717) is 12.0 Å². The highest BCUT2D eigenvalue weighted by molar-refractivity contribution is 5.90. The maximum Gasteiger partial charge on any atom is 0.408 e. The lowest BCUT2D eigenvalue weighted by atomic mass is 10.0. The van der Waals surface area contributed by atoms with E-state index in [4.69, 9.17) is 9.47 Å². The molecule has 0 saturated carbocycles. The minimum atomic E-state index is -1.08. The van der Waals surface area contributed by atoms with Crippen molar-refractivity contribution in [2.24, 2.45) is 0 Å². The van der Waals surface area contributed by atoms with Gasteiger partial charge in [-0.3, -0.25) is 14.4 Å². The zero-order valence-electron chi connectivity index (χ0n) is 20.7. The van der Waals surface area contributed by atoms with Gasteiger partial charge in [-0.2, -0.15) is 0 Å². The number of ether oxygens (including phenoxy) is 2. The quantitative estimate of drug-likeness (QED) is 0.392. The number of nitrogens with zero attached hydrogens (tertiary/aromatic N) is 1. The molecule has 0 aromatic heterocycles. The van der Waals surface area contributed by atoms with Crippen LogP contribution in [0.2, 0.25) is 0 Å². The van der Waals surface area contributed by atoms with Crippen LogP contribution >= 0.6 is 0 Å². The third kappa shape index (κ3) is 10.5. The average molecular weight is 480 g/mol. The first-order valence-electron chi connectivity index (χ1n) is 11.5. The topological polar surface area (TPSA) is 134 Å². The Kier molecular flexibility index (Phi) is 11.9. The molecule has 0 bridgehead atoms. The van der Waals surface area contributed by atoms with E-state index in [1.807, 2.05) is 6.92 Å². The fraction of sp³-hybridized carbons (Fsp3) is 0.583. The Morgan fingerprint density at radius 3 is 2.41 bits per heavy atom. The van der Waals surface area contributed by atoms with Gasteiger partial charge in [-0.15, -0.1) is 0 Å². The molecule has 1 aromatic carbocycles. The molecule has 3 N–H and O–H groups in total. The van der Waals surface area contributed by atoms with Crippen LogP contribution in [-0.4, -0.2) is 65.7 Å². The zero-order valence-corrected chi connectivity index (χ0v) is 20.7. The molecule has 0 heterocycles. The van der Waals surface area contributed by atoms with Gasteiger partial charge in [0.1, 0.15) is 23.9 Å². The van der Waals surface area contributed by atoms with Crippen LogP contribution in [0.25, 0.3) is 0 Å². The summed E-state index contributed by atoms with van der Waals surface area (Å²) in [5.74, 6) is -1.52. The van der Waals surface area contributed by atoms with Gasteiger partial charge in [0.25, 0.3) is 0 Å². The number of nitrogens with one attached hydrogen (secondary N) is 2. The molecule has 0 aliphatic heterocycles. The van der Waals surface area contributed by atoms with E-state index < -0.39 is 35.5 Å². The van der Waals surface area contributed by atoms with Crippen LogP contribution in [0, 0.1) is 0 Å². The molecule has 1 atom stereocenters. The van der Waals surface area contributed by atoms with Gasteiger partial charge in [0.2, 0.25) is 11.8 Å². The predicted molar refractivity (Wildman–Crippen MR) is 126 cm³/mol. The summed E-state index contributed by atoms with van der Waals surface area (Å²) >= 11 is 0. The number of esters is 1. The molecule has 0 aliphatic carbocycles. The maximum atomic E-state index is 13.2. The Bertz CT molecular complexity index is 836. The average Bonchev–Trinajstić information content (AvgIpc) is 2.73. The van der Waals surface area contributed by atoms with Gasteiger partial charge in [-0.25, -0.2) is 4.79 Å². The number of phenols is 1. The molecule has 1 aromatic rings. The largest absolute Gasteiger partial charge is 0.508 e. The second-order valence-corrected chi connectivity index (χ2v) is 8.64. The molecule has 0 saturated heterocycles. The van der Waals surface area contributed by atoms with E-state index in [9.17, 15) is 24.3 Å². The molecule has 34 heavy (non-hydrogen) atoms. The minimum Gasteiger partial charge on any atom is -0.508 e. The van der Waals surface area contributed by atoms with Gasteiger partial charge in [0.05, 0.1) is 13.0 Å². The number of hydrogen-bond donors (Lipinski definition) is 3. The normalized spacial score (nSPS) is 11.8. The zero-order chi connectivity index (χ0) is 25.7. The number of aromatic hydroxyl groups is 1. The fourth-order valence-corrected chi connectivity index (χ4v) is 3.08. The molecule has 0 radical (unpaired) electrons. The van der Waals surface area contributed by atoms with Gasteiger partial charge >= 0.3 is 12.1 Å². The van der Waals surface area contributed by atoms with Crippen molar-refractivity contribution in [1.29, 1.82) is 0 Å². The molecule has 1 rings (SSSR count). The van der Waals surface area contributed by atoms with Gasteiger partial charge < -0.3 is 30.1 Å². The molecule has 1 unspecified atom stereocenters. The summed E-state index contributed by atoms with van der Waals surface area (Å²) in [6.07, 6.45) is 0.614. The highest BCUT2D eigenvalue weighted by Gasteiger charge is 2.31. The molecular weight excluding hydrogens is 442 g/mol. The Labute approximate surface area is 201 Å². The molecule has 0 spiro atoms. The van der Waals surface area contributed by atoms with Crippen LogP contribution in [0.15, 0.2) is 24.3 Å². The Morgan fingerprint density at radius 1 is 1.12 bits per heavy atom. The van der Waals surface area contributed by atoms with Crippen LogP contribution in [0.1, 0.15) is 65.5 Å². The second-order valence-electron chi connectivity index (χ2n) is 8.64. The first-order chi connectivity index (χ1) is 16.0. The van der Waals surface area contributed by atoms with Crippen molar-refractivity contribution in [2.75, 3.05) is 26.2 Å². The summed E-state index contributed by atoms with van der Waals surface area (Å²) in [6.45, 7) is 8.91. The highest BCUT2D eigenvalue weighted by atomic mass is 16.6. The van der Waals surface area contributed by atoms with Crippen molar-refractivity contribution in [3.8, 4) is 5.75 Å². The van der Waals surface area contributed by atoms with Gasteiger partial charge in [0, 0.05) is 13.1 Å². The molecule has 10 heteroatoms. The smallest absolute Gasteiger partial charge is 0.408 e. The summed E-state index contributed by atoms with van der Waals surface area (Å²) in [7, 11) is 0. The second kappa shape index (κ2) is 14.1. The van der Waals surface area contributed by atoms with Crippen LogP contribution in [0.5, 0.6) is 5.75 Å². The van der Waals surface area contributed by atoms with Crippen LogP contribution in [-0.2, 0) is 23.9 Å². The fourth-order valence-electron chi connectivity index (χ4n) is 3.08. The monoisotopic (exact) mass is 479 g/mol. The highest BCUT2D eigenvalue weighted by Crippen LogP contribution is 2.25. The molecule has 10 nitrogen and oxygen atoms in total. The lowest BCUT2D eigenvalue weighted by molar-refractivity contribution is -0.143. The minimum absolute atomic E-state index is 0.0184. The SMILES string of the molecule is CCCCN(C(=O)CNC(=O)OC(C)(C)C)C(C(=O)NCCC(=O)OCC)c1cccc(O)c1. The summed E-state index contributed by atoms with van der Waals surface area (Å²) in [5.41, 5.74) is -0.326. The van der Waals surface area contributed by atoms with E-state index in [0.717, 1.165) is 6.42 Å². The van der Waals surface area contributed by atoms with Crippen LogP contribution in [0.4, 0.5) is 4.79 Å². The summed E-state index contributed by atoms with van der Waals surface area (Å²) in [6, 6.07) is 4.99. The van der Waals surface area contributed by atoms with E-state index in [1.165, 1.54) is 17.0 Å². The van der Waals surface area contributed by atoms with Crippen molar-refractivity contribution < 1.29 is 33.8 Å². The van der Waals surface area contributed by atoms with Crippen molar-refractivity contribution >= 4 is 23.9 Å². The maximum absolute atomic E-state index is 13.2. The summed E-state index contributed by atoms with van der Waals surface area (Å²) in [4.78, 5) is 51.3. The lowest BCUT2D eigenvalue weighted by Crippen LogP contribution is -2.48. The van der Waals surface area contributed by atoms with Crippen molar-refractivity contribution in [1.82, 2.24) is 15.5 Å². The van der Waals surface area contributed by atoms with E-state index in [-0.39, 0.29) is 38.4 Å². The number of amides is 3. The third-order valence-electron chi connectivity index (χ3n) is 4.54. The van der Waals surface area contributed by atoms with Gasteiger partial charge in [-0.05, 0) is 51.8 Å². The van der Waals surface area contributed by atoms with E-state index in [1.54, 1.807) is 39.8 Å².